The van der Waals surface area contributed by atoms with E-state index in [1.165, 1.54) is 0 Å². The number of sulfonamides is 1. The van der Waals surface area contributed by atoms with Gasteiger partial charge >= 0.3 is 0 Å². The van der Waals surface area contributed by atoms with Gasteiger partial charge in [0.15, 0.2) is 11.5 Å². The zero-order valence-electron chi connectivity index (χ0n) is 16.4. The Hall–Kier alpha value is -3.19. The van der Waals surface area contributed by atoms with E-state index in [1.807, 2.05) is 37.2 Å². The van der Waals surface area contributed by atoms with Crippen LogP contribution >= 0.6 is 0 Å². The maximum atomic E-state index is 12.5. The van der Waals surface area contributed by atoms with Gasteiger partial charge in [0.25, 0.3) is 16.3 Å². The molecule has 3 aromatic rings. The van der Waals surface area contributed by atoms with Crippen molar-refractivity contribution in [3.05, 3.63) is 77.9 Å². The molecule has 1 aliphatic heterocycles. The van der Waals surface area contributed by atoms with Crippen molar-refractivity contribution in [2.24, 2.45) is 0 Å². The lowest BCUT2D eigenvalue weighted by atomic mass is 10.1. The van der Waals surface area contributed by atoms with Crippen LogP contribution < -0.4 is 19.1 Å². The number of nitrogens with one attached hydrogen (secondary N) is 1. The number of fused-ring (bicyclic) bond motifs is 1. The van der Waals surface area contributed by atoms with Gasteiger partial charge in [-0.2, -0.15) is 0 Å². The lowest BCUT2D eigenvalue weighted by Gasteiger charge is -2.18. The summed E-state index contributed by atoms with van der Waals surface area (Å²) in [5.74, 6) is 1.07. The van der Waals surface area contributed by atoms with Crippen molar-refractivity contribution in [3.63, 3.8) is 0 Å². The van der Waals surface area contributed by atoms with Crippen LogP contribution in [0.15, 0.2) is 71.6 Å². The van der Waals surface area contributed by atoms with Crippen LogP contribution in [0.4, 0.5) is 11.4 Å². The van der Waals surface area contributed by atoms with E-state index in [0.29, 0.717) is 17.2 Å². The highest BCUT2D eigenvalue weighted by molar-refractivity contribution is 7.92. The number of rotatable bonds is 5. The summed E-state index contributed by atoms with van der Waals surface area (Å²) in [7, 11) is 0.309. The second-order valence-corrected chi connectivity index (χ2v) is 8.77. The third-order valence-electron chi connectivity index (χ3n) is 4.70. The molecule has 0 amide bonds. The van der Waals surface area contributed by atoms with Gasteiger partial charge in [-0.05, 0) is 42.8 Å². The summed E-state index contributed by atoms with van der Waals surface area (Å²) >= 11 is 0. The Morgan fingerprint density at radius 2 is 1.62 bits per heavy atom. The van der Waals surface area contributed by atoms with Crippen molar-refractivity contribution >= 4 is 21.4 Å². The zero-order valence-corrected chi connectivity index (χ0v) is 17.2. The minimum atomic E-state index is -3.67. The number of hydrogen-bond donors (Lipinski definition) is 1. The number of benzene rings is 3. The SMILES string of the molecule is Cc1ccc(C2Oc3ccc(NS(=O)(=O)c4ccccc4)cc3O2)cc1N(C)C. The van der Waals surface area contributed by atoms with Crippen LogP contribution in [0.1, 0.15) is 17.4 Å². The molecule has 4 rings (SSSR count). The number of hydrogen-bond acceptors (Lipinski definition) is 5. The van der Waals surface area contributed by atoms with Gasteiger partial charge in [0.1, 0.15) is 0 Å². The molecule has 0 aromatic heterocycles. The Labute approximate surface area is 170 Å². The number of nitrogens with zero attached hydrogens (tertiary/aromatic N) is 1. The molecule has 1 atom stereocenters. The van der Waals surface area contributed by atoms with E-state index in [-0.39, 0.29) is 4.90 Å². The molecule has 0 radical (unpaired) electrons. The average molecular weight is 410 g/mol. The normalized spacial score (nSPS) is 15.2. The lowest BCUT2D eigenvalue weighted by Crippen LogP contribution is -2.13. The molecule has 7 heteroatoms. The molecule has 150 valence electrons. The van der Waals surface area contributed by atoms with Crippen molar-refractivity contribution < 1.29 is 17.9 Å². The minimum absolute atomic E-state index is 0.200. The molecule has 0 saturated heterocycles. The van der Waals surface area contributed by atoms with Gasteiger partial charge in [0.05, 0.1) is 10.6 Å². The molecule has 1 heterocycles. The number of aryl methyl sites for hydroxylation is 1. The summed E-state index contributed by atoms with van der Waals surface area (Å²) in [4.78, 5) is 2.24. The monoisotopic (exact) mass is 410 g/mol. The van der Waals surface area contributed by atoms with Gasteiger partial charge in [-0.15, -0.1) is 0 Å². The topological polar surface area (TPSA) is 67.9 Å². The highest BCUT2D eigenvalue weighted by Crippen LogP contribution is 2.42. The molecule has 6 nitrogen and oxygen atoms in total. The molecule has 29 heavy (non-hydrogen) atoms. The third-order valence-corrected chi connectivity index (χ3v) is 6.10. The van der Waals surface area contributed by atoms with Crippen LogP contribution in [0.25, 0.3) is 0 Å². The third kappa shape index (κ3) is 3.86. The van der Waals surface area contributed by atoms with Crippen LogP contribution in [0.5, 0.6) is 11.5 Å². The summed E-state index contributed by atoms with van der Waals surface area (Å²) in [6.07, 6.45) is -0.578. The maximum Gasteiger partial charge on any atom is 0.268 e. The van der Waals surface area contributed by atoms with Gasteiger partial charge < -0.3 is 14.4 Å². The molecule has 0 saturated carbocycles. The highest BCUT2D eigenvalue weighted by Gasteiger charge is 2.27. The van der Waals surface area contributed by atoms with Gasteiger partial charge in [0, 0.05) is 31.4 Å². The van der Waals surface area contributed by atoms with E-state index in [9.17, 15) is 8.42 Å². The molecule has 0 bridgehead atoms. The Morgan fingerprint density at radius 3 is 2.34 bits per heavy atom. The molecule has 0 aliphatic carbocycles. The van der Waals surface area contributed by atoms with Crippen LogP contribution in [-0.4, -0.2) is 22.5 Å². The largest absolute Gasteiger partial charge is 0.447 e. The first-order valence-corrected chi connectivity index (χ1v) is 10.6. The van der Waals surface area contributed by atoms with Gasteiger partial charge in [0.2, 0.25) is 0 Å². The summed E-state index contributed by atoms with van der Waals surface area (Å²) in [5.41, 5.74) is 3.55. The van der Waals surface area contributed by atoms with Gasteiger partial charge in [-0.1, -0.05) is 30.3 Å². The Morgan fingerprint density at radius 1 is 0.897 bits per heavy atom. The Kier molecular flexibility index (Phi) is 4.84. The minimum Gasteiger partial charge on any atom is -0.447 e. The second-order valence-electron chi connectivity index (χ2n) is 7.09. The lowest BCUT2D eigenvalue weighted by molar-refractivity contribution is 0.0487. The van der Waals surface area contributed by atoms with E-state index >= 15 is 0 Å². The van der Waals surface area contributed by atoms with Crippen LogP contribution in [-0.2, 0) is 10.0 Å². The Balaban J connectivity index is 1.55. The predicted molar refractivity (Wildman–Crippen MR) is 113 cm³/mol. The average Bonchev–Trinajstić information content (AvgIpc) is 3.12. The van der Waals surface area contributed by atoms with Crippen LogP contribution in [0.3, 0.4) is 0 Å². The van der Waals surface area contributed by atoms with Crippen LogP contribution in [0.2, 0.25) is 0 Å². The van der Waals surface area contributed by atoms with Gasteiger partial charge in [-0.3, -0.25) is 4.72 Å². The standard InChI is InChI=1S/C22H22N2O4S/c1-15-9-10-16(13-19(15)24(2)3)22-27-20-12-11-17(14-21(20)28-22)23-29(25,26)18-7-5-4-6-8-18/h4-14,22-23H,1-3H3. The zero-order chi connectivity index (χ0) is 20.6. The fourth-order valence-electron chi connectivity index (χ4n) is 3.22. The number of ether oxygens (including phenoxy) is 2. The Bertz CT molecular complexity index is 1140. The molecule has 1 N–H and O–H groups in total. The molecular formula is C22H22N2O4S. The summed E-state index contributed by atoms with van der Waals surface area (Å²) < 4.78 is 39.5. The van der Waals surface area contributed by atoms with E-state index < -0.39 is 16.3 Å². The molecule has 3 aromatic carbocycles. The van der Waals surface area contributed by atoms with Crippen molar-refractivity contribution in [1.29, 1.82) is 0 Å². The fourth-order valence-corrected chi connectivity index (χ4v) is 4.29. The quantitative estimate of drug-likeness (QED) is 0.678. The van der Waals surface area contributed by atoms with Crippen molar-refractivity contribution in [2.75, 3.05) is 23.7 Å². The first kappa shape index (κ1) is 19.1. The van der Waals surface area contributed by atoms with E-state index in [0.717, 1.165) is 16.8 Å². The fraction of sp³-hybridized carbons (Fsp3) is 0.182. The van der Waals surface area contributed by atoms with Crippen molar-refractivity contribution in [3.8, 4) is 11.5 Å². The highest BCUT2D eigenvalue weighted by atomic mass is 32.2. The molecule has 0 spiro atoms. The number of anilines is 2. The molecular weight excluding hydrogens is 388 g/mol. The summed E-state index contributed by atoms with van der Waals surface area (Å²) in [6.45, 7) is 2.05. The summed E-state index contributed by atoms with van der Waals surface area (Å²) in [5, 5.41) is 0. The van der Waals surface area contributed by atoms with Crippen molar-refractivity contribution in [1.82, 2.24) is 0 Å². The van der Waals surface area contributed by atoms with Crippen LogP contribution in [0, 0.1) is 6.92 Å². The maximum absolute atomic E-state index is 12.5. The molecule has 1 aliphatic rings. The first-order chi connectivity index (χ1) is 13.8. The second kappa shape index (κ2) is 7.33. The van der Waals surface area contributed by atoms with E-state index in [1.54, 1.807) is 48.5 Å². The molecule has 1 unspecified atom stereocenters. The predicted octanol–water partition coefficient (Wildman–Crippen LogP) is 4.33. The summed E-state index contributed by atoms with van der Waals surface area (Å²) in [6, 6.07) is 19.3. The first-order valence-electron chi connectivity index (χ1n) is 9.16. The van der Waals surface area contributed by atoms with Gasteiger partial charge in [-0.25, -0.2) is 8.42 Å². The molecule has 0 fully saturated rings. The van der Waals surface area contributed by atoms with E-state index in [2.05, 4.69) is 11.6 Å². The van der Waals surface area contributed by atoms with Crippen molar-refractivity contribution in [2.45, 2.75) is 18.1 Å². The smallest absolute Gasteiger partial charge is 0.268 e. The van der Waals surface area contributed by atoms with E-state index in [4.69, 9.17) is 9.47 Å².